The first-order valence-corrected chi connectivity index (χ1v) is 7.67. The van der Waals surface area contributed by atoms with Gasteiger partial charge in [0.1, 0.15) is 0 Å². The van der Waals surface area contributed by atoms with Gasteiger partial charge >= 0.3 is 0 Å². The van der Waals surface area contributed by atoms with Crippen LogP contribution in [-0.4, -0.2) is 32.5 Å². The van der Waals surface area contributed by atoms with Crippen LogP contribution in [0.1, 0.15) is 39.7 Å². The maximum atomic E-state index is 6.01. The highest BCUT2D eigenvalue weighted by molar-refractivity contribution is 5.46. The van der Waals surface area contributed by atoms with Gasteiger partial charge in [-0.05, 0) is 33.4 Å². The summed E-state index contributed by atoms with van der Waals surface area (Å²) in [7, 11) is 1.73. The molecule has 0 aliphatic heterocycles. The van der Waals surface area contributed by atoms with E-state index in [1.54, 1.807) is 7.11 Å². The SMILES string of the molecule is CCNCc1cccc(OCC)c1OCCC(C)(C)OC. The van der Waals surface area contributed by atoms with E-state index in [1.807, 2.05) is 19.1 Å². The number of para-hydroxylation sites is 1. The molecule has 1 N–H and O–H groups in total. The summed E-state index contributed by atoms with van der Waals surface area (Å²) in [6.07, 6.45) is 0.824. The summed E-state index contributed by atoms with van der Waals surface area (Å²) in [6.45, 7) is 11.1. The van der Waals surface area contributed by atoms with Crippen molar-refractivity contribution in [3.63, 3.8) is 0 Å². The van der Waals surface area contributed by atoms with E-state index < -0.39 is 0 Å². The quantitative estimate of drug-likeness (QED) is 0.718. The molecule has 0 saturated carbocycles. The monoisotopic (exact) mass is 295 g/mol. The predicted molar refractivity (Wildman–Crippen MR) is 86.2 cm³/mol. The average Bonchev–Trinajstić information content (AvgIpc) is 2.47. The highest BCUT2D eigenvalue weighted by atomic mass is 16.5. The third-order valence-electron chi connectivity index (χ3n) is 3.43. The third kappa shape index (κ3) is 5.94. The van der Waals surface area contributed by atoms with Gasteiger partial charge in [0.15, 0.2) is 11.5 Å². The molecule has 1 aromatic rings. The number of methoxy groups -OCH3 is 1. The third-order valence-corrected chi connectivity index (χ3v) is 3.43. The van der Waals surface area contributed by atoms with Crippen molar-refractivity contribution in [1.82, 2.24) is 5.32 Å². The Balaban J connectivity index is 2.79. The number of rotatable bonds is 10. The van der Waals surface area contributed by atoms with E-state index in [0.29, 0.717) is 13.2 Å². The molecule has 1 rings (SSSR count). The molecule has 0 unspecified atom stereocenters. The van der Waals surface area contributed by atoms with Gasteiger partial charge in [0, 0.05) is 25.6 Å². The Kier molecular flexibility index (Phi) is 7.54. The largest absolute Gasteiger partial charge is 0.490 e. The van der Waals surface area contributed by atoms with Crippen LogP contribution in [0.25, 0.3) is 0 Å². The molecule has 21 heavy (non-hydrogen) atoms. The lowest BCUT2D eigenvalue weighted by molar-refractivity contribution is 0.00512. The number of benzene rings is 1. The highest BCUT2D eigenvalue weighted by Crippen LogP contribution is 2.32. The number of hydrogen-bond donors (Lipinski definition) is 1. The van der Waals surface area contributed by atoms with E-state index in [9.17, 15) is 0 Å². The molecule has 4 nitrogen and oxygen atoms in total. The minimum Gasteiger partial charge on any atom is -0.490 e. The average molecular weight is 295 g/mol. The minimum absolute atomic E-state index is 0.178. The fraction of sp³-hybridized carbons (Fsp3) is 0.647. The molecule has 120 valence electrons. The Morgan fingerprint density at radius 3 is 2.52 bits per heavy atom. The molecule has 0 fully saturated rings. The molecule has 0 aromatic heterocycles. The van der Waals surface area contributed by atoms with E-state index in [-0.39, 0.29) is 5.60 Å². The van der Waals surface area contributed by atoms with Crippen molar-refractivity contribution in [1.29, 1.82) is 0 Å². The first-order valence-electron chi connectivity index (χ1n) is 7.67. The molecule has 0 spiro atoms. The van der Waals surface area contributed by atoms with E-state index in [4.69, 9.17) is 14.2 Å². The zero-order valence-electron chi connectivity index (χ0n) is 14.0. The first-order chi connectivity index (χ1) is 10.0. The van der Waals surface area contributed by atoms with Crippen LogP contribution >= 0.6 is 0 Å². The second-order valence-electron chi connectivity index (χ2n) is 5.52. The first kappa shape index (κ1) is 17.8. The molecular weight excluding hydrogens is 266 g/mol. The van der Waals surface area contributed by atoms with Crippen molar-refractivity contribution < 1.29 is 14.2 Å². The molecule has 4 heteroatoms. The van der Waals surface area contributed by atoms with Crippen molar-refractivity contribution >= 4 is 0 Å². The van der Waals surface area contributed by atoms with Gasteiger partial charge in [-0.3, -0.25) is 0 Å². The van der Waals surface area contributed by atoms with Crippen molar-refractivity contribution in [2.24, 2.45) is 0 Å². The fourth-order valence-electron chi connectivity index (χ4n) is 1.89. The standard InChI is InChI=1S/C17H29NO3/c1-6-18-13-14-9-8-10-15(20-7-2)16(14)21-12-11-17(3,4)19-5/h8-10,18H,6-7,11-13H2,1-5H3. The van der Waals surface area contributed by atoms with Crippen LogP contribution in [0, 0.1) is 0 Å². The molecule has 0 aliphatic carbocycles. The second-order valence-corrected chi connectivity index (χ2v) is 5.52. The van der Waals surface area contributed by atoms with Gasteiger partial charge in [-0.15, -0.1) is 0 Å². The molecule has 0 saturated heterocycles. The number of ether oxygens (including phenoxy) is 3. The van der Waals surface area contributed by atoms with Gasteiger partial charge < -0.3 is 19.5 Å². The molecule has 0 amide bonds. The summed E-state index contributed by atoms with van der Waals surface area (Å²) >= 11 is 0. The van der Waals surface area contributed by atoms with E-state index in [1.165, 1.54) is 0 Å². The Labute approximate surface area is 128 Å². The summed E-state index contributed by atoms with van der Waals surface area (Å²) in [6, 6.07) is 6.03. The van der Waals surface area contributed by atoms with Gasteiger partial charge in [0.05, 0.1) is 18.8 Å². The van der Waals surface area contributed by atoms with Crippen LogP contribution in [0.5, 0.6) is 11.5 Å². The molecule has 0 aliphatic rings. The van der Waals surface area contributed by atoms with Crippen LogP contribution in [0.3, 0.4) is 0 Å². The van der Waals surface area contributed by atoms with Crippen LogP contribution in [0.2, 0.25) is 0 Å². The van der Waals surface area contributed by atoms with E-state index in [0.717, 1.165) is 36.6 Å². The molecule has 0 bridgehead atoms. The Morgan fingerprint density at radius 1 is 1.14 bits per heavy atom. The Hall–Kier alpha value is -1.26. The van der Waals surface area contributed by atoms with Crippen molar-refractivity contribution in [2.45, 2.75) is 46.3 Å². The van der Waals surface area contributed by atoms with Crippen molar-refractivity contribution in [2.75, 3.05) is 26.9 Å². The summed E-state index contributed by atoms with van der Waals surface area (Å²) in [5.74, 6) is 1.65. The zero-order chi connectivity index (χ0) is 15.7. The topological polar surface area (TPSA) is 39.7 Å². The lowest BCUT2D eigenvalue weighted by atomic mass is 10.1. The van der Waals surface area contributed by atoms with E-state index in [2.05, 4.69) is 32.2 Å². The van der Waals surface area contributed by atoms with Crippen LogP contribution < -0.4 is 14.8 Å². The maximum absolute atomic E-state index is 6.01. The Bertz CT molecular complexity index is 418. The van der Waals surface area contributed by atoms with Crippen LogP contribution in [0.4, 0.5) is 0 Å². The highest BCUT2D eigenvalue weighted by Gasteiger charge is 2.17. The van der Waals surface area contributed by atoms with Gasteiger partial charge in [0.2, 0.25) is 0 Å². The minimum atomic E-state index is -0.178. The molecule has 1 aromatic carbocycles. The molecule has 0 radical (unpaired) electrons. The van der Waals surface area contributed by atoms with Gasteiger partial charge in [0.25, 0.3) is 0 Å². The molecule has 0 atom stereocenters. The van der Waals surface area contributed by atoms with Gasteiger partial charge in [-0.25, -0.2) is 0 Å². The lowest BCUT2D eigenvalue weighted by Crippen LogP contribution is -2.25. The van der Waals surface area contributed by atoms with Gasteiger partial charge in [-0.1, -0.05) is 19.1 Å². The van der Waals surface area contributed by atoms with Crippen molar-refractivity contribution in [3.8, 4) is 11.5 Å². The number of nitrogens with one attached hydrogen (secondary N) is 1. The van der Waals surface area contributed by atoms with E-state index >= 15 is 0 Å². The fourth-order valence-corrected chi connectivity index (χ4v) is 1.89. The summed E-state index contributed by atoms with van der Waals surface area (Å²) < 4.78 is 17.1. The number of hydrogen-bond acceptors (Lipinski definition) is 4. The predicted octanol–water partition coefficient (Wildman–Crippen LogP) is 3.39. The maximum Gasteiger partial charge on any atom is 0.165 e. The molecular formula is C17H29NO3. The van der Waals surface area contributed by atoms with Crippen LogP contribution in [0.15, 0.2) is 18.2 Å². The van der Waals surface area contributed by atoms with Crippen LogP contribution in [-0.2, 0) is 11.3 Å². The van der Waals surface area contributed by atoms with Gasteiger partial charge in [-0.2, -0.15) is 0 Å². The summed E-state index contributed by atoms with van der Waals surface area (Å²) in [4.78, 5) is 0. The smallest absolute Gasteiger partial charge is 0.165 e. The summed E-state index contributed by atoms with van der Waals surface area (Å²) in [5.41, 5.74) is 0.945. The summed E-state index contributed by atoms with van der Waals surface area (Å²) in [5, 5.41) is 3.33. The zero-order valence-corrected chi connectivity index (χ0v) is 14.0. The Morgan fingerprint density at radius 2 is 1.90 bits per heavy atom. The second kappa shape index (κ2) is 8.90. The van der Waals surface area contributed by atoms with Crippen molar-refractivity contribution in [3.05, 3.63) is 23.8 Å². The molecule has 0 heterocycles. The normalized spacial score (nSPS) is 11.5. The lowest BCUT2D eigenvalue weighted by Gasteiger charge is -2.23.